The maximum Gasteiger partial charge on any atom is 0.119 e. The molecule has 0 aliphatic heterocycles. The van der Waals surface area contributed by atoms with E-state index in [0.29, 0.717) is 4.99 Å². The van der Waals surface area contributed by atoms with E-state index in [2.05, 4.69) is 11.9 Å². The van der Waals surface area contributed by atoms with E-state index in [1.54, 1.807) is 0 Å². The van der Waals surface area contributed by atoms with Crippen LogP contribution in [0.25, 0.3) is 0 Å². The van der Waals surface area contributed by atoms with Crippen LogP contribution < -0.4 is 10.5 Å². The molecule has 4 heteroatoms. The highest BCUT2D eigenvalue weighted by atomic mass is 32.1. The predicted molar refractivity (Wildman–Crippen MR) is 91.9 cm³/mol. The molecule has 1 fully saturated rings. The minimum Gasteiger partial charge on any atom is -0.492 e. The van der Waals surface area contributed by atoms with Crippen molar-refractivity contribution in [3.05, 3.63) is 29.8 Å². The lowest BCUT2D eigenvalue weighted by atomic mass is 9.89. The molecule has 116 valence electrons. The first-order valence-corrected chi connectivity index (χ1v) is 8.27. The third kappa shape index (κ3) is 5.64. The predicted octanol–water partition coefficient (Wildman–Crippen LogP) is 3.21. The van der Waals surface area contributed by atoms with Gasteiger partial charge in [0.25, 0.3) is 0 Å². The van der Waals surface area contributed by atoms with Gasteiger partial charge in [0, 0.05) is 18.7 Å². The molecule has 0 spiro atoms. The SMILES string of the molecule is CN(CCOc1ccc(C(N)=S)cc1)CC1CCCCC1. The molecule has 1 aliphatic rings. The lowest BCUT2D eigenvalue weighted by Gasteiger charge is -2.26. The van der Waals surface area contributed by atoms with Crippen LogP contribution in [0.15, 0.2) is 24.3 Å². The van der Waals surface area contributed by atoms with E-state index in [4.69, 9.17) is 22.7 Å². The summed E-state index contributed by atoms with van der Waals surface area (Å²) < 4.78 is 5.77. The van der Waals surface area contributed by atoms with Crippen molar-refractivity contribution in [2.45, 2.75) is 32.1 Å². The van der Waals surface area contributed by atoms with Crippen LogP contribution in [-0.2, 0) is 0 Å². The monoisotopic (exact) mass is 306 g/mol. The van der Waals surface area contributed by atoms with Crippen LogP contribution in [0.1, 0.15) is 37.7 Å². The van der Waals surface area contributed by atoms with Crippen LogP contribution in [0, 0.1) is 5.92 Å². The van der Waals surface area contributed by atoms with E-state index in [1.807, 2.05) is 24.3 Å². The molecule has 0 aromatic heterocycles. The van der Waals surface area contributed by atoms with Crippen LogP contribution in [0.4, 0.5) is 0 Å². The summed E-state index contributed by atoms with van der Waals surface area (Å²) in [6.45, 7) is 2.88. The Labute approximate surface area is 133 Å². The van der Waals surface area contributed by atoms with Gasteiger partial charge in [-0.3, -0.25) is 0 Å². The highest BCUT2D eigenvalue weighted by Crippen LogP contribution is 2.24. The summed E-state index contributed by atoms with van der Waals surface area (Å²) in [4.78, 5) is 2.81. The number of likely N-dealkylation sites (N-methyl/N-ethyl adjacent to an activating group) is 1. The molecule has 1 saturated carbocycles. The Kier molecular flexibility index (Phi) is 6.46. The minimum absolute atomic E-state index is 0.425. The average Bonchev–Trinajstić information content (AvgIpc) is 2.49. The van der Waals surface area contributed by atoms with Gasteiger partial charge in [-0.25, -0.2) is 0 Å². The van der Waals surface area contributed by atoms with E-state index in [1.165, 1.54) is 38.6 Å². The van der Waals surface area contributed by atoms with E-state index in [0.717, 1.165) is 30.4 Å². The Morgan fingerprint density at radius 2 is 1.90 bits per heavy atom. The van der Waals surface area contributed by atoms with Crippen molar-refractivity contribution in [1.29, 1.82) is 0 Å². The zero-order chi connectivity index (χ0) is 15.1. The maximum absolute atomic E-state index is 5.77. The summed E-state index contributed by atoms with van der Waals surface area (Å²) in [7, 11) is 2.19. The second kappa shape index (κ2) is 8.35. The van der Waals surface area contributed by atoms with Gasteiger partial charge in [0.2, 0.25) is 0 Å². The second-order valence-electron chi connectivity index (χ2n) is 6.00. The van der Waals surface area contributed by atoms with Crippen LogP contribution in [0.5, 0.6) is 5.75 Å². The first-order chi connectivity index (χ1) is 10.1. The first-order valence-electron chi connectivity index (χ1n) is 7.86. The third-order valence-corrected chi connectivity index (χ3v) is 4.41. The zero-order valence-corrected chi connectivity index (χ0v) is 13.7. The number of nitrogens with two attached hydrogens (primary N) is 1. The largest absolute Gasteiger partial charge is 0.492 e. The Morgan fingerprint density at radius 3 is 2.52 bits per heavy atom. The van der Waals surface area contributed by atoms with Gasteiger partial charge in [0.15, 0.2) is 0 Å². The molecule has 3 nitrogen and oxygen atoms in total. The normalized spacial score (nSPS) is 16.1. The van der Waals surface area contributed by atoms with Gasteiger partial charge in [-0.1, -0.05) is 31.5 Å². The number of benzene rings is 1. The standard InChI is InChI=1S/C17H26N2OS/c1-19(13-14-5-3-2-4-6-14)11-12-20-16-9-7-15(8-10-16)17(18)21/h7-10,14H,2-6,11-13H2,1H3,(H2,18,21). The summed E-state index contributed by atoms with van der Waals surface area (Å²) in [5.74, 6) is 1.76. The molecule has 0 radical (unpaired) electrons. The van der Waals surface area contributed by atoms with Crippen molar-refractivity contribution in [3.63, 3.8) is 0 Å². The summed E-state index contributed by atoms with van der Waals surface area (Å²) in [5.41, 5.74) is 6.46. The number of rotatable bonds is 7. The van der Waals surface area contributed by atoms with Crippen molar-refractivity contribution in [2.75, 3.05) is 26.7 Å². The molecule has 2 N–H and O–H groups in total. The van der Waals surface area contributed by atoms with Crippen molar-refractivity contribution < 1.29 is 4.74 Å². The third-order valence-electron chi connectivity index (χ3n) is 4.18. The Bertz CT molecular complexity index is 441. The molecule has 0 heterocycles. The van der Waals surface area contributed by atoms with Crippen LogP contribution in [-0.4, -0.2) is 36.6 Å². The van der Waals surface area contributed by atoms with Crippen LogP contribution in [0.2, 0.25) is 0 Å². The molecular formula is C17H26N2OS. The highest BCUT2D eigenvalue weighted by molar-refractivity contribution is 7.80. The van der Waals surface area contributed by atoms with E-state index >= 15 is 0 Å². The Balaban J connectivity index is 1.67. The highest BCUT2D eigenvalue weighted by Gasteiger charge is 2.15. The topological polar surface area (TPSA) is 38.5 Å². The number of nitrogens with zero attached hydrogens (tertiary/aromatic N) is 1. The second-order valence-corrected chi connectivity index (χ2v) is 6.44. The number of hydrogen-bond acceptors (Lipinski definition) is 3. The number of ether oxygens (including phenoxy) is 1. The van der Waals surface area contributed by atoms with Crippen molar-refractivity contribution in [3.8, 4) is 5.75 Å². The average molecular weight is 306 g/mol. The van der Waals surface area contributed by atoms with Crippen LogP contribution >= 0.6 is 12.2 Å². The van der Waals surface area contributed by atoms with E-state index in [-0.39, 0.29) is 0 Å². The van der Waals surface area contributed by atoms with Crippen molar-refractivity contribution >= 4 is 17.2 Å². The molecule has 1 aromatic carbocycles. The minimum atomic E-state index is 0.425. The van der Waals surface area contributed by atoms with Gasteiger partial charge < -0.3 is 15.4 Å². The molecule has 0 unspecified atom stereocenters. The van der Waals surface area contributed by atoms with Crippen molar-refractivity contribution in [1.82, 2.24) is 4.90 Å². The molecule has 1 aliphatic carbocycles. The molecule has 2 rings (SSSR count). The van der Waals surface area contributed by atoms with Crippen molar-refractivity contribution in [2.24, 2.45) is 11.7 Å². The number of hydrogen-bond donors (Lipinski definition) is 1. The van der Waals surface area contributed by atoms with Gasteiger partial charge in [-0.2, -0.15) is 0 Å². The Hall–Kier alpha value is -1.13. The first kappa shape index (κ1) is 16.2. The van der Waals surface area contributed by atoms with Gasteiger partial charge in [-0.15, -0.1) is 0 Å². The Morgan fingerprint density at radius 1 is 1.24 bits per heavy atom. The summed E-state index contributed by atoms with van der Waals surface area (Å²) in [6.07, 6.45) is 7.03. The summed E-state index contributed by atoms with van der Waals surface area (Å²) in [5, 5.41) is 0. The molecular weight excluding hydrogens is 280 g/mol. The van der Waals surface area contributed by atoms with Gasteiger partial charge in [0.1, 0.15) is 17.3 Å². The molecule has 21 heavy (non-hydrogen) atoms. The smallest absolute Gasteiger partial charge is 0.119 e. The lowest BCUT2D eigenvalue weighted by molar-refractivity contribution is 0.195. The zero-order valence-electron chi connectivity index (χ0n) is 12.9. The molecule has 0 atom stereocenters. The molecule has 0 amide bonds. The maximum atomic E-state index is 5.77. The van der Waals surface area contributed by atoms with E-state index in [9.17, 15) is 0 Å². The molecule has 1 aromatic rings. The lowest BCUT2D eigenvalue weighted by Crippen LogP contribution is -2.30. The fourth-order valence-corrected chi connectivity index (χ4v) is 3.07. The molecule has 0 bridgehead atoms. The van der Waals surface area contributed by atoms with E-state index < -0.39 is 0 Å². The fraction of sp³-hybridized carbons (Fsp3) is 0.588. The van der Waals surface area contributed by atoms with Gasteiger partial charge >= 0.3 is 0 Å². The number of thiocarbonyl (C=S) groups is 1. The van der Waals surface area contributed by atoms with Gasteiger partial charge in [0.05, 0.1) is 0 Å². The van der Waals surface area contributed by atoms with Crippen LogP contribution in [0.3, 0.4) is 0 Å². The molecule has 0 saturated heterocycles. The quantitative estimate of drug-likeness (QED) is 0.785. The van der Waals surface area contributed by atoms with Gasteiger partial charge in [-0.05, 0) is 50.1 Å². The summed E-state index contributed by atoms with van der Waals surface area (Å²) in [6, 6.07) is 7.66. The fourth-order valence-electron chi connectivity index (χ4n) is 2.94. The summed E-state index contributed by atoms with van der Waals surface area (Å²) >= 11 is 4.94.